The molecule has 0 saturated heterocycles. The standard InChI is InChI=1S/C22H22N2O3/c1-15-11-18(5-6-20(15)22(23)26)21-13-17(7-9-24-21)14-27-19-4-2-3-16(12-19)8-10-25/h2-7,9,11-13,25H,8,10,14H2,1H3,(H2,23,26). The molecule has 1 aromatic heterocycles. The van der Waals surface area contributed by atoms with E-state index in [-0.39, 0.29) is 6.61 Å². The molecule has 5 nitrogen and oxygen atoms in total. The second-order valence-electron chi connectivity index (χ2n) is 6.35. The van der Waals surface area contributed by atoms with Gasteiger partial charge in [-0.2, -0.15) is 0 Å². The second kappa shape index (κ2) is 8.47. The topological polar surface area (TPSA) is 85.4 Å². The van der Waals surface area contributed by atoms with Crippen LogP contribution in [0.4, 0.5) is 0 Å². The third-order valence-electron chi connectivity index (χ3n) is 4.32. The van der Waals surface area contributed by atoms with Crippen LogP contribution in [0.25, 0.3) is 11.3 Å². The van der Waals surface area contributed by atoms with E-state index in [1.165, 1.54) is 0 Å². The van der Waals surface area contributed by atoms with Crippen molar-refractivity contribution in [3.63, 3.8) is 0 Å². The zero-order valence-electron chi connectivity index (χ0n) is 15.2. The summed E-state index contributed by atoms with van der Waals surface area (Å²) in [6, 6.07) is 17.1. The van der Waals surface area contributed by atoms with Crippen LogP contribution in [0.2, 0.25) is 0 Å². The van der Waals surface area contributed by atoms with Crippen LogP contribution in [0.1, 0.15) is 27.0 Å². The van der Waals surface area contributed by atoms with Crippen LogP contribution in [0.5, 0.6) is 5.75 Å². The van der Waals surface area contributed by atoms with E-state index in [4.69, 9.17) is 15.6 Å². The highest BCUT2D eigenvalue weighted by molar-refractivity contribution is 5.94. The normalized spacial score (nSPS) is 10.6. The molecule has 3 rings (SSSR count). The smallest absolute Gasteiger partial charge is 0.248 e. The Bertz CT molecular complexity index is 954. The van der Waals surface area contributed by atoms with E-state index >= 15 is 0 Å². The largest absolute Gasteiger partial charge is 0.489 e. The fourth-order valence-corrected chi connectivity index (χ4v) is 2.91. The van der Waals surface area contributed by atoms with Crippen LogP contribution in [-0.2, 0) is 13.0 Å². The molecule has 0 bridgehead atoms. The first-order valence-corrected chi connectivity index (χ1v) is 8.75. The summed E-state index contributed by atoms with van der Waals surface area (Å²) in [7, 11) is 0. The number of amides is 1. The highest BCUT2D eigenvalue weighted by Gasteiger charge is 2.08. The Kier molecular flexibility index (Phi) is 5.84. The van der Waals surface area contributed by atoms with E-state index in [2.05, 4.69) is 4.98 Å². The summed E-state index contributed by atoms with van der Waals surface area (Å²) in [5.74, 6) is 0.332. The molecule has 0 aliphatic carbocycles. The predicted octanol–water partition coefficient (Wildman–Crippen LogP) is 3.27. The Morgan fingerprint density at radius 3 is 2.70 bits per heavy atom. The summed E-state index contributed by atoms with van der Waals surface area (Å²) >= 11 is 0. The van der Waals surface area contributed by atoms with Gasteiger partial charge in [0.15, 0.2) is 0 Å². The summed E-state index contributed by atoms with van der Waals surface area (Å²) in [6.07, 6.45) is 2.35. The average molecular weight is 362 g/mol. The highest BCUT2D eigenvalue weighted by atomic mass is 16.5. The second-order valence-corrected chi connectivity index (χ2v) is 6.35. The fourth-order valence-electron chi connectivity index (χ4n) is 2.91. The predicted molar refractivity (Wildman–Crippen MR) is 104 cm³/mol. The van der Waals surface area contributed by atoms with Gasteiger partial charge < -0.3 is 15.6 Å². The molecule has 0 atom stereocenters. The number of carbonyl (C=O) groups excluding carboxylic acids is 1. The molecular weight excluding hydrogens is 340 g/mol. The van der Waals surface area contributed by atoms with Gasteiger partial charge in [0.25, 0.3) is 0 Å². The van der Waals surface area contributed by atoms with E-state index in [0.29, 0.717) is 18.6 Å². The average Bonchev–Trinajstić information content (AvgIpc) is 2.67. The van der Waals surface area contributed by atoms with Gasteiger partial charge in [-0.1, -0.05) is 18.2 Å². The third-order valence-corrected chi connectivity index (χ3v) is 4.32. The van der Waals surface area contributed by atoms with Gasteiger partial charge in [0, 0.05) is 23.9 Å². The zero-order chi connectivity index (χ0) is 19.2. The number of pyridine rings is 1. The minimum atomic E-state index is -0.433. The Labute approximate surface area is 158 Å². The van der Waals surface area contributed by atoms with Crippen LogP contribution in [0.15, 0.2) is 60.8 Å². The number of hydrogen-bond donors (Lipinski definition) is 2. The molecular formula is C22H22N2O3. The van der Waals surface area contributed by atoms with Crippen molar-refractivity contribution in [1.29, 1.82) is 0 Å². The van der Waals surface area contributed by atoms with Gasteiger partial charge in [-0.05, 0) is 66.4 Å². The molecule has 0 spiro atoms. The Morgan fingerprint density at radius 2 is 1.96 bits per heavy atom. The molecule has 2 aromatic carbocycles. The van der Waals surface area contributed by atoms with Crippen molar-refractivity contribution < 1.29 is 14.6 Å². The van der Waals surface area contributed by atoms with Crippen LogP contribution in [-0.4, -0.2) is 22.6 Å². The van der Waals surface area contributed by atoms with Crippen LogP contribution in [0, 0.1) is 6.92 Å². The molecule has 3 aromatic rings. The van der Waals surface area contributed by atoms with Gasteiger partial charge in [0.1, 0.15) is 12.4 Å². The van der Waals surface area contributed by atoms with Gasteiger partial charge in [-0.3, -0.25) is 9.78 Å². The van der Waals surface area contributed by atoms with Crippen molar-refractivity contribution in [3.8, 4) is 17.0 Å². The van der Waals surface area contributed by atoms with Crippen molar-refractivity contribution in [2.45, 2.75) is 20.0 Å². The van der Waals surface area contributed by atoms with Crippen molar-refractivity contribution in [1.82, 2.24) is 4.98 Å². The van der Waals surface area contributed by atoms with Crippen LogP contribution in [0.3, 0.4) is 0 Å². The molecule has 27 heavy (non-hydrogen) atoms. The Morgan fingerprint density at radius 1 is 1.11 bits per heavy atom. The molecule has 0 aliphatic heterocycles. The molecule has 0 saturated carbocycles. The van der Waals surface area contributed by atoms with E-state index in [1.807, 2.05) is 55.5 Å². The zero-order valence-corrected chi connectivity index (χ0v) is 15.2. The summed E-state index contributed by atoms with van der Waals surface area (Å²) in [4.78, 5) is 15.8. The van der Waals surface area contributed by atoms with Gasteiger partial charge in [0.05, 0.1) is 5.69 Å². The van der Waals surface area contributed by atoms with Crippen molar-refractivity contribution in [2.24, 2.45) is 5.73 Å². The monoisotopic (exact) mass is 362 g/mol. The SMILES string of the molecule is Cc1cc(-c2cc(COc3cccc(CCO)c3)ccn2)ccc1C(N)=O. The van der Waals surface area contributed by atoms with Crippen LogP contribution >= 0.6 is 0 Å². The van der Waals surface area contributed by atoms with Crippen LogP contribution < -0.4 is 10.5 Å². The van der Waals surface area contributed by atoms with Gasteiger partial charge >= 0.3 is 0 Å². The summed E-state index contributed by atoms with van der Waals surface area (Å²) in [6.45, 7) is 2.39. The lowest BCUT2D eigenvalue weighted by molar-refractivity contribution is 0.0999. The first kappa shape index (κ1) is 18.6. The Hall–Kier alpha value is -3.18. The molecule has 138 valence electrons. The number of aromatic nitrogens is 1. The number of nitrogens with zero attached hydrogens (tertiary/aromatic N) is 1. The maximum absolute atomic E-state index is 11.4. The highest BCUT2D eigenvalue weighted by Crippen LogP contribution is 2.22. The number of primary amides is 1. The molecule has 0 fully saturated rings. The molecule has 1 heterocycles. The Balaban J connectivity index is 1.75. The number of nitrogens with two attached hydrogens (primary N) is 1. The van der Waals surface area contributed by atoms with Crippen molar-refractivity contribution in [3.05, 3.63) is 83.0 Å². The molecule has 1 amide bonds. The fraction of sp³-hybridized carbons (Fsp3) is 0.182. The van der Waals surface area contributed by atoms with E-state index in [9.17, 15) is 4.79 Å². The maximum atomic E-state index is 11.4. The van der Waals surface area contributed by atoms with Crippen molar-refractivity contribution in [2.75, 3.05) is 6.61 Å². The summed E-state index contributed by atoms with van der Waals surface area (Å²) in [5, 5.41) is 9.05. The number of benzene rings is 2. The lowest BCUT2D eigenvalue weighted by Crippen LogP contribution is -2.12. The number of aliphatic hydroxyl groups excluding tert-OH is 1. The molecule has 5 heteroatoms. The summed E-state index contributed by atoms with van der Waals surface area (Å²) in [5.41, 5.74) is 10.5. The number of ether oxygens (including phenoxy) is 1. The summed E-state index contributed by atoms with van der Waals surface area (Å²) < 4.78 is 5.87. The van der Waals surface area contributed by atoms with E-state index in [0.717, 1.165) is 33.7 Å². The minimum Gasteiger partial charge on any atom is -0.489 e. The minimum absolute atomic E-state index is 0.116. The van der Waals surface area contributed by atoms with Crippen molar-refractivity contribution >= 4 is 5.91 Å². The molecule has 3 N–H and O–H groups in total. The van der Waals surface area contributed by atoms with Gasteiger partial charge in [0.2, 0.25) is 5.91 Å². The van der Waals surface area contributed by atoms with E-state index in [1.54, 1.807) is 12.3 Å². The quantitative estimate of drug-likeness (QED) is 0.675. The molecule has 0 unspecified atom stereocenters. The number of rotatable bonds is 7. The first-order valence-electron chi connectivity index (χ1n) is 8.75. The van der Waals surface area contributed by atoms with Gasteiger partial charge in [-0.25, -0.2) is 0 Å². The molecule has 0 radical (unpaired) electrons. The first-order chi connectivity index (χ1) is 13.1. The number of carbonyl (C=O) groups is 1. The molecule has 0 aliphatic rings. The lowest BCUT2D eigenvalue weighted by atomic mass is 10.0. The number of aryl methyl sites for hydroxylation is 1. The van der Waals surface area contributed by atoms with Gasteiger partial charge in [-0.15, -0.1) is 0 Å². The van der Waals surface area contributed by atoms with E-state index < -0.39 is 5.91 Å². The third kappa shape index (κ3) is 4.71. The lowest BCUT2D eigenvalue weighted by Gasteiger charge is -2.10. The maximum Gasteiger partial charge on any atom is 0.248 e. The number of aliphatic hydroxyl groups is 1. The number of hydrogen-bond acceptors (Lipinski definition) is 4.